The van der Waals surface area contributed by atoms with E-state index in [-0.39, 0.29) is 6.42 Å². The average molecular weight is 396 g/mol. The lowest BCUT2D eigenvalue weighted by Gasteiger charge is -2.28. The van der Waals surface area contributed by atoms with Gasteiger partial charge in [0, 0.05) is 18.4 Å². The summed E-state index contributed by atoms with van der Waals surface area (Å²) in [4.78, 5) is 10.6. The molecule has 2 N–H and O–H groups in total. The summed E-state index contributed by atoms with van der Waals surface area (Å²) in [7, 11) is 0. The van der Waals surface area contributed by atoms with Gasteiger partial charge in [-0.1, -0.05) is 31.4 Å². The lowest BCUT2D eigenvalue weighted by molar-refractivity contribution is -0.137. The molecule has 3 rings (SSSR count). The number of thiocarbonyl (C=S) groups is 1. The first kappa shape index (κ1) is 20.6. The molecule has 152 valence electrons. The van der Waals surface area contributed by atoms with Crippen LogP contribution in [-0.2, 0) is 14.3 Å². The van der Waals surface area contributed by atoms with Gasteiger partial charge in [-0.3, -0.25) is 4.79 Å². The van der Waals surface area contributed by atoms with Crippen LogP contribution in [0.5, 0.6) is 0 Å². The van der Waals surface area contributed by atoms with Crippen LogP contribution in [0.25, 0.3) is 0 Å². The van der Waals surface area contributed by atoms with Gasteiger partial charge in [-0.05, 0) is 63.1 Å². The zero-order valence-electron chi connectivity index (χ0n) is 16.1. The SMILES string of the molecule is O=C(O)CCC/C=C\C[C@@H]1[C@H](COC(=S)NC2CCCCC2)[C@@H]2CC[C@H]1O2. The Labute approximate surface area is 167 Å². The first-order valence-corrected chi connectivity index (χ1v) is 11.0. The number of nitrogens with one attached hydrogen (secondary N) is 1. The zero-order valence-corrected chi connectivity index (χ0v) is 16.9. The quantitative estimate of drug-likeness (QED) is 0.346. The molecule has 2 heterocycles. The molecule has 0 aromatic carbocycles. The second-order valence-electron chi connectivity index (χ2n) is 8.19. The maximum absolute atomic E-state index is 10.6. The molecular weight excluding hydrogens is 362 g/mol. The smallest absolute Gasteiger partial charge is 0.303 e. The van der Waals surface area contributed by atoms with Crippen molar-refractivity contribution in [2.75, 3.05) is 6.61 Å². The third-order valence-electron chi connectivity index (χ3n) is 6.26. The molecule has 0 amide bonds. The van der Waals surface area contributed by atoms with Gasteiger partial charge < -0.3 is 19.9 Å². The fourth-order valence-corrected chi connectivity index (χ4v) is 5.03. The van der Waals surface area contributed by atoms with Gasteiger partial charge in [-0.2, -0.15) is 0 Å². The van der Waals surface area contributed by atoms with E-state index in [1.54, 1.807) is 0 Å². The van der Waals surface area contributed by atoms with E-state index in [1.807, 2.05) is 0 Å². The second-order valence-corrected chi connectivity index (χ2v) is 8.56. The maximum atomic E-state index is 10.6. The van der Waals surface area contributed by atoms with Crippen molar-refractivity contribution in [1.29, 1.82) is 0 Å². The molecule has 0 radical (unpaired) electrons. The molecule has 6 heteroatoms. The third kappa shape index (κ3) is 6.18. The van der Waals surface area contributed by atoms with E-state index < -0.39 is 5.97 Å². The summed E-state index contributed by atoms with van der Waals surface area (Å²) < 4.78 is 12.1. The van der Waals surface area contributed by atoms with Gasteiger partial charge in [0.1, 0.15) is 0 Å². The van der Waals surface area contributed by atoms with Crippen molar-refractivity contribution in [3.63, 3.8) is 0 Å². The molecule has 1 aliphatic carbocycles. The fourth-order valence-electron chi connectivity index (χ4n) is 4.80. The standard InChI is InChI=1S/C21H33NO4S/c23-20(24)11-7-2-1-6-10-16-17(19-13-12-18(16)26-19)14-25-21(27)22-15-8-4-3-5-9-15/h1,6,15-19H,2-5,7-14H2,(H,22,27)(H,23,24)/b6-1-/t16-,17+,18-,19+/m1/s1. The minimum atomic E-state index is -0.722. The van der Waals surface area contributed by atoms with Crippen LogP contribution in [0.2, 0.25) is 0 Å². The number of fused-ring (bicyclic) bond motifs is 2. The van der Waals surface area contributed by atoms with Crippen LogP contribution in [0.1, 0.15) is 70.6 Å². The third-order valence-corrected chi connectivity index (χ3v) is 6.50. The molecular formula is C21H33NO4S. The van der Waals surface area contributed by atoms with Gasteiger partial charge >= 0.3 is 5.97 Å². The molecule has 4 atom stereocenters. The number of carboxylic acids is 1. The largest absolute Gasteiger partial charge is 0.481 e. The number of allylic oxidation sites excluding steroid dienone is 2. The second kappa shape index (κ2) is 10.4. The summed E-state index contributed by atoms with van der Waals surface area (Å²) in [5.74, 6) is 0.162. The molecule has 3 fully saturated rings. The summed E-state index contributed by atoms with van der Waals surface area (Å²) in [6, 6.07) is 0.479. The molecule has 0 aromatic rings. The van der Waals surface area contributed by atoms with Crippen molar-refractivity contribution in [3.05, 3.63) is 12.2 Å². The lowest BCUT2D eigenvalue weighted by atomic mass is 9.78. The fraction of sp³-hybridized carbons (Fsp3) is 0.810. The van der Waals surface area contributed by atoms with Crippen molar-refractivity contribution in [1.82, 2.24) is 5.32 Å². The molecule has 0 spiro atoms. The molecule has 2 saturated heterocycles. The number of rotatable bonds is 9. The van der Waals surface area contributed by atoms with Crippen LogP contribution in [0, 0.1) is 11.8 Å². The molecule has 2 bridgehead atoms. The van der Waals surface area contributed by atoms with Gasteiger partial charge in [0.2, 0.25) is 0 Å². The molecule has 27 heavy (non-hydrogen) atoms. The van der Waals surface area contributed by atoms with Crippen LogP contribution in [0.3, 0.4) is 0 Å². The highest BCUT2D eigenvalue weighted by Crippen LogP contribution is 2.45. The van der Waals surface area contributed by atoms with Crippen LogP contribution >= 0.6 is 12.2 Å². The van der Waals surface area contributed by atoms with Gasteiger partial charge in [0.05, 0.1) is 18.8 Å². The number of carbonyl (C=O) groups is 1. The Morgan fingerprint density at radius 2 is 1.85 bits per heavy atom. The van der Waals surface area contributed by atoms with Gasteiger partial charge in [0.15, 0.2) is 0 Å². The molecule has 0 aromatic heterocycles. The van der Waals surface area contributed by atoms with E-state index in [0.717, 1.165) is 25.7 Å². The summed E-state index contributed by atoms with van der Waals surface area (Å²) in [5.41, 5.74) is 0. The number of hydrogen-bond acceptors (Lipinski definition) is 4. The predicted molar refractivity (Wildman–Crippen MR) is 109 cm³/mol. The van der Waals surface area contributed by atoms with Crippen molar-refractivity contribution < 1.29 is 19.4 Å². The number of hydrogen-bond donors (Lipinski definition) is 2. The number of aliphatic carboxylic acids is 1. The summed E-state index contributed by atoms with van der Waals surface area (Å²) in [6.45, 7) is 0.636. The van der Waals surface area contributed by atoms with E-state index in [0.29, 0.717) is 48.3 Å². The van der Waals surface area contributed by atoms with Crippen molar-refractivity contribution in [2.45, 2.75) is 88.9 Å². The first-order chi connectivity index (χ1) is 13.1. The number of carboxylic acid groups (broad SMARTS) is 1. The van der Waals surface area contributed by atoms with Crippen LogP contribution in [0.4, 0.5) is 0 Å². The van der Waals surface area contributed by atoms with Gasteiger partial charge in [0.25, 0.3) is 5.17 Å². The highest BCUT2D eigenvalue weighted by atomic mass is 32.1. The Kier molecular flexibility index (Phi) is 7.94. The van der Waals surface area contributed by atoms with Gasteiger partial charge in [-0.15, -0.1) is 0 Å². The summed E-state index contributed by atoms with van der Waals surface area (Å²) in [6.07, 6.45) is 16.2. The van der Waals surface area contributed by atoms with Crippen LogP contribution in [0.15, 0.2) is 12.2 Å². The number of ether oxygens (including phenoxy) is 2. The van der Waals surface area contributed by atoms with Crippen molar-refractivity contribution in [3.8, 4) is 0 Å². The minimum absolute atomic E-state index is 0.240. The maximum Gasteiger partial charge on any atom is 0.303 e. The molecule has 1 saturated carbocycles. The minimum Gasteiger partial charge on any atom is -0.481 e. The Hall–Kier alpha value is -1.14. The monoisotopic (exact) mass is 395 g/mol. The topological polar surface area (TPSA) is 67.8 Å². The number of unbranched alkanes of at least 4 members (excludes halogenated alkanes) is 1. The highest BCUT2D eigenvalue weighted by Gasteiger charge is 2.48. The summed E-state index contributed by atoms with van der Waals surface area (Å²) in [5, 5.41) is 12.6. The predicted octanol–water partition coefficient (Wildman–Crippen LogP) is 4.21. The average Bonchev–Trinajstić information content (AvgIpc) is 3.25. The molecule has 3 aliphatic rings. The van der Waals surface area contributed by atoms with Crippen LogP contribution in [-0.4, -0.2) is 41.1 Å². The Morgan fingerprint density at radius 3 is 2.59 bits per heavy atom. The Morgan fingerprint density at radius 1 is 1.11 bits per heavy atom. The van der Waals surface area contributed by atoms with E-state index in [9.17, 15) is 4.79 Å². The van der Waals surface area contributed by atoms with E-state index in [1.165, 1.54) is 32.1 Å². The van der Waals surface area contributed by atoms with Crippen molar-refractivity contribution >= 4 is 23.4 Å². The van der Waals surface area contributed by atoms with Crippen LogP contribution < -0.4 is 5.32 Å². The lowest BCUT2D eigenvalue weighted by Crippen LogP contribution is -2.38. The molecule has 2 aliphatic heterocycles. The molecule has 0 unspecified atom stereocenters. The van der Waals surface area contributed by atoms with E-state index >= 15 is 0 Å². The van der Waals surface area contributed by atoms with Gasteiger partial charge in [-0.25, -0.2) is 0 Å². The Balaban J connectivity index is 1.40. The van der Waals surface area contributed by atoms with E-state index in [4.69, 9.17) is 26.8 Å². The summed E-state index contributed by atoms with van der Waals surface area (Å²) >= 11 is 5.41. The first-order valence-electron chi connectivity index (χ1n) is 10.6. The zero-order chi connectivity index (χ0) is 19.1. The van der Waals surface area contributed by atoms with Crippen molar-refractivity contribution in [2.24, 2.45) is 11.8 Å². The van der Waals surface area contributed by atoms with E-state index in [2.05, 4.69) is 17.5 Å². The highest BCUT2D eigenvalue weighted by molar-refractivity contribution is 7.80. The normalized spacial score (nSPS) is 30.7. The Bertz CT molecular complexity index is 532. The molecule has 5 nitrogen and oxygen atoms in total.